The topological polar surface area (TPSA) is 99.4 Å². The van der Waals surface area contributed by atoms with Gasteiger partial charge in [0.25, 0.3) is 0 Å². The molecule has 0 saturated carbocycles. The average Bonchev–Trinajstić information content (AvgIpc) is 2.78. The molecule has 1 heterocycles. The first-order valence-corrected chi connectivity index (χ1v) is 5.54. The summed E-state index contributed by atoms with van der Waals surface area (Å²) in [6.45, 7) is 2.50. The maximum atomic E-state index is 11.7. The Hall–Kier alpha value is -1.61. The van der Waals surface area contributed by atoms with Crippen LogP contribution < -0.4 is 5.32 Å². The molecule has 17 heavy (non-hydrogen) atoms. The van der Waals surface area contributed by atoms with Crippen molar-refractivity contribution in [3.05, 3.63) is 0 Å². The van der Waals surface area contributed by atoms with E-state index in [1.54, 1.807) is 6.92 Å². The Morgan fingerprint density at radius 1 is 1.65 bits per heavy atom. The molecule has 3 atom stereocenters. The van der Waals surface area contributed by atoms with E-state index in [2.05, 4.69) is 5.32 Å². The van der Waals surface area contributed by atoms with Crippen molar-refractivity contribution >= 4 is 11.9 Å². The van der Waals surface area contributed by atoms with Crippen molar-refractivity contribution in [2.75, 3.05) is 13.2 Å². The molecule has 0 aromatic carbocycles. The van der Waals surface area contributed by atoms with E-state index in [1.807, 2.05) is 6.07 Å². The molecule has 0 unspecified atom stereocenters. The number of amides is 1. The van der Waals surface area contributed by atoms with Crippen LogP contribution in [-0.2, 0) is 14.3 Å². The maximum absolute atomic E-state index is 11.7. The van der Waals surface area contributed by atoms with Gasteiger partial charge in [-0.25, -0.2) is 4.79 Å². The van der Waals surface area contributed by atoms with Gasteiger partial charge in [0.05, 0.1) is 18.6 Å². The third-order valence-corrected chi connectivity index (χ3v) is 2.85. The molecule has 0 aliphatic carbocycles. The largest absolute Gasteiger partial charge is 0.480 e. The molecule has 6 heteroatoms. The lowest BCUT2D eigenvalue weighted by Gasteiger charge is -2.20. The maximum Gasteiger partial charge on any atom is 0.326 e. The van der Waals surface area contributed by atoms with Crippen molar-refractivity contribution in [3.63, 3.8) is 0 Å². The van der Waals surface area contributed by atoms with E-state index in [1.165, 1.54) is 0 Å². The molecule has 1 rings (SSSR count). The number of aliphatic carboxylic acids is 1. The standard InChI is InChI=1S/C11H16N2O4/c1-7(2-4-12)9(11(15)16)13-10(14)8-3-5-17-6-8/h7-9H,2-3,5-6H2,1H3,(H,13,14)(H,15,16)/t7-,8-,9+/m0/s1. The van der Waals surface area contributed by atoms with Gasteiger partial charge in [0.1, 0.15) is 6.04 Å². The zero-order valence-corrected chi connectivity index (χ0v) is 9.68. The van der Waals surface area contributed by atoms with E-state index < -0.39 is 17.9 Å². The number of carbonyl (C=O) groups excluding carboxylic acids is 1. The highest BCUT2D eigenvalue weighted by Gasteiger charge is 2.30. The second-order valence-electron chi connectivity index (χ2n) is 4.22. The zero-order valence-electron chi connectivity index (χ0n) is 9.68. The minimum Gasteiger partial charge on any atom is -0.480 e. The van der Waals surface area contributed by atoms with Crippen molar-refractivity contribution in [2.24, 2.45) is 11.8 Å². The van der Waals surface area contributed by atoms with Gasteiger partial charge in [0, 0.05) is 18.9 Å². The van der Waals surface area contributed by atoms with Gasteiger partial charge in [0.15, 0.2) is 0 Å². The van der Waals surface area contributed by atoms with Gasteiger partial charge < -0.3 is 15.2 Å². The summed E-state index contributed by atoms with van der Waals surface area (Å²) in [5, 5.41) is 20.0. The quantitative estimate of drug-likeness (QED) is 0.712. The fraction of sp³-hybridized carbons (Fsp3) is 0.727. The summed E-state index contributed by atoms with van der Waals surface area (Å²) in [7, 11) is 0. The highest BCUT2D eigenvalue weighted by atomic mass is 16.5. The number of carbonyl (C=O) groups is 2. The molecule has 0 bridgehead atoms. The molecule has 1 amide bonds. The molecule has 1 aliphatic heterocycles. The molecule has 1 fully saturated rings. The van der Waals surface area contributed by atoms with E-state index in [-0.39, 0.29) is 18.2 Å². The summed E-state index contributed by atoms with van der Waals surface area (Å²) < 4.78 is 5.07. The number of rotatable bonds is 5. The van der Waals surface area contributed by atoms with E-state index >= 15 is 0 Å². The van der Waals surface area contributed by atoms with Crippen LogP contribution >= 0.6 is 0 Å². The summed E-state index contributed by atoms with van der Waals surface area (Å²) >= 11 is 0. The first-order valence-electron chi connectivity index (χ1n) is 5.54. The van der Waals surface area contributed by atoms with Crippen LogP contribution in [-0.4, -0.2) is 36.2 Å². The predicted octanol–water partition coefficient (Wildman–Crippen LogP) is 0.142. The van der Waals surface area contributed by atoms with Crippen molar-refractivity contribution in [3.8, 4) is 6.07 Å². The number of hydrogen-bond acceptors (Lipinski definition) is 4. The fourth-order valence-electron chi connectivity index (χ4n) is 1.72. The third-order valence-electron chi connectivity index (χ3n) is 2.85. The van der Waals surface area contributed by atoms with Crippen LogP contribution in [0.2, 0.25) is 0 Å². The molecule has 2 N–H and O–H groups in total. The smallest absolute Gasteiger partial charge is 0.326 e. The SMILES string of the molecule is C[C@@H](CC#N)[C@@H](NC(=O)[C@H]1CCOC1)C(=O)O. The monoisotopic (exact) mass is 240 g/mol. The Labute approximate surface area is 99.6 Å². The highest BCUT2D eigenvalue weighted by molar-refractivity contribution is 5.85. The molecule has 6 nitrogen and oxygen atoms in total. The van der Waals surface area contributed by atoms with Gasteiger partial charge >= 0.3 is 5.97 Å². The minimum atomic E-state index is -1.11. The third kappa shape index (κ3) is 3.71. The second-order valence-corrected chi connectivity index (χ2v) is 4.22. The lowest BCUT2D eigenvalue weighted by molar-refractivity contribution is -0.143. The van der Waals surface area contributed by atoms with Crippen molar-refractivity contribution in [1.82, 2.24) is 5.32 Å². The Bertz CT molecular complexity index is 331. The molecule has 0 aromatic heterocycles. The summed E-state index contributed by atoms with van der Waals surface area (Å²) in [5.74, 6) is -2.10. The number of carboxylic acid groups (broad SMARTS) is 1. The Kier molecular flexibility index (Phi) is 4.91. The highest BCUT2D eigenvalue weighted by Crippen LogP contribution is 2.14. The Morgan fingerprint density at radius 3 is 2.82 bits per heavy atom. The predicted molar refractivity (Wildman–Crippen MR) is 57.9 cm³/mol. The minimum absolute atomic E-state index is 0.0956. The number of nitriles is 1. The van der Waals surface area contributed by atoms with Gasteiger partial charge in [-0.1, -0.05) is 6.92 Å². The molecule has 94 valence electrons. The Balaban J connectivity index is 2.57. The van der Waals surface area contributed by atoms with E-state index in [4.69, 9.17) is 15.1 Å². The number of nitrogens with one attached hydrogen (secondary N) is 1. The molecule has 1 saturated heterocycles. The summed E-state index contributed by atoms with van der Waals surface area (Å²) in [5.41, 5.74) is 0. The van der Waals surface area contributed by atoms with Crippen LogP contribution in [0, 0.1) is 23.2 Å². The summed E-state index contributed by atoms with van der Waals surface area (Å²) in [6, 6.07) is 0.895. The van der Waals surface area contributed by atoms with Gasteiger partial charge in [-0.2, -0.15) is 5.26 Å². The van der Waals surface area contributed by atoms with Crippen LogP contribution in [0.4, 0.5) is 0 Å². The average molecular weight is 240 g/mol. The fourth-order valence-corrected chi connectivity index (χ4v) is 1.72. The first kappa shape index (κ1) is 13.5. The molecule has 0 radical (unpaired) electrons. The van der Waals surface area contributed by atoms with Crippen molar-refractivity contribution in [1.29, 1.82) is 5.26 Å². The first-order chi connectivity index (χ1) is 8.06. The van der Waals surface area contributed by atoms with E-state index in [9.17, 15) is 9.59 Å². The van der Waals surface area contributed by atoms with Gasteiger partial charge in [-0.3, -0.25) is 4.79 Å². The lowest BCUT2D eigenvalue weighted by Crippen LogP contribution is -2.47. The van der Waals surface area contributed by atoms with E-state index in [0.29, 0.717) is 19.6 Å². The van der Waals surface area contributed by atoms with Crippen molar-refractivity contribution in [2.45, 2.75) is 25.8 Å². The molecular formula is C11H16N2O4. The summed E-state index contributed by atoms with van der Waals surface area (Å²) in [6.07, 6.45) is 0.712. The molecule has 0 spiro atoms. The molecule has 0 aromatic rings. The van der Waals surface area contributed by atoms with E-state index in [0.717, 1.165) is 0 Å². The Morgan fingerprint density at radius 2 is 2.35 bits per heavy atom. The van der Waals surface area contributed by atoms with Gasteiger partial charge in [-0.15, -0.1) is 0 Å². The number of ether oxygens (including phenoxy) is 1. The van der Waals surface area contributed by atoms with Crippen molar-refractivity contribution < 1.29 is 19.4 Å². The van der Waals surface area contributed by atoms with Crippen LogP contribution in [0.3, 0.4) is 0 Å². The van der Waals surface area contributed by atoms with Gasteiger partial charge in [-0.05, 0) is 6.42 Å². The van der Waals surface area contributed by atoms with Crippen LogP contribution in [0.1, 0.15) is 19.8 Å². The van der Waals surface area contributed by atoms with Crippen LogP contribution in [0.25, 0.3) is 0 Å². The lowest BCUT2D eigenvalue weighted by atomic mass is 9.98. The molecular weight excluding hydrogens is 224 g/mol. The number of nitrogens with zero attached hydrogens (tertiary/aromatic N) is 1. The van der Waals surface area contributed by atoms with Gasteiger partial charge in [0.2, 0.25) is 5.91 Å². The molecule has 1 aliphatic rings. The second kappa shape index (κ2) is 6.21. The van der Waals surface area contributed by atoms with Crippen LogP contribution in [0.15, 0.2) is 0 Å². The zero-order chi connectivity index (χ0) is 12.8. The number of carboxylic acids is 1. The van der Waals surface area contributed by atoms with Crippen LogP contribution in [0.5, 0.6) is 0 Å². The normalized spacial score (nSPS) is 22.5. The number of hydrogen-bond donors (Lipinski definition) is 2. The summed E-state index contributed by atoms with van der Waals surface area (Å²) in [4.78, 5) is 22.7.